The summed E-state index contributed by atoms with van der Waals surface area (Å²) in [5.74, 6) is 0.228. The van der Waals surface area contributed by atoms with Crippen molar-refractivity contribution in [3.8, 4) is 0 Å². The summed E-state index contributed by atoms with van der Waals surface area (Å²) in [6, 6.07) is 16.6. The molecule has 5 nitrogen and oxygen atoms in total. The van der Waals surface area contributed by atoms with Gasteiger partial charge < -0.3 is 5.32 Å². The van der Waals surface area contributed by atoms with Gasteiger partial charge in [0.1, 0.15) is 6.04 Å². The van der Waals surface area contributed by atoms with Crippen LogP contribution in [0.25, 0.3) is 0 Å². The van der Waals surface area contributed by atoms with Crippen LogP contribution in [-0.2, 0) is 11.2 Å². The molecule has 0 aliphatic rings. The molecule has 3 amide bonds. The average molecular weight is 367 g/mol. The lowest BCUT2D eigenvalue weighted by Gasteiger charge is -2.23. The third-order valence-electron chi connectivity index (χ3n) is 4.40. The Morgan fingerprint density at radius 2 is 1.52 bits per heavy atom. The van der Waals surface area contributed by atoms with Crippen molar-refractivity contribution in [1.29, 1.82) is 0 Å². The van der Waals surface area contributed by atoms with E-state index in [0.29, 0.717) is 5.92 Å². The monoisotopic (exact) mass is 367 g/mol. The van der Waals surface area contributed by atoms with Crippen molar-refractivity contribution in [3.63, 3.8) is 0 Å². The normalized spacial score (nSPS) is 13.1. The molecule has 0 spiro atoms. The molecule has 0 aliphatic carbocycles. The zero-order valence-corrected chi connectivity index (χ0v) is 16.5. The Hall–Kier alpha value is -2.66. The van der Waals surface area contributed by atoms with Crippen LogP contribution in [0.4, 0.5) is 4.79 Å². The van der Waals surface area contributed by atoms with E-state index in [4.69, 9.17) is 0 Å². The number of hydrogen-bond donors (Lipinski definition) is 3. The van der Waals surface area contributed by atoms with Crippen LogP contribution in [0, 0.1) is 5.92 Å². The molecule has 0 radical (unpaired) electrons. The number of urea groups is 1. The fraction of sp³-hybridized carbons (Fsp3) is 0.364. The summed E-state index contributed by atoms with van der Waals surface area (Å²) in [7, 11) is 1.48. The van der Waals surface area contributed by atoms with Crippen LogP contribution in [-0.4, -0.2) is 19.0 Å². The minimum absolute atomic E-state index is 0.0567. The SMILES string of the molecule is CNC(=O)NC(=O)[C@@H](N[C@@H](C)c1ccc(CC(C)C)cc1)c1ccccc1. The van der Waals surface area contributed by atoms with Gasteiger partial charge in [-0.05, 0) is 36.0 Å². The lowest BCUT2D eigenvalue weighted by molar-refractivity contribution is -0.122. The van der Waals surface area contributed by atoms with Crippen molar-refractivity contribution in [2.24, 2.45) is 5.92 Å². The number of nitrogens with one attached hydrogen (secondary N) is 3. The molecular formula is C22H29N3O2. The van der Waals surface area contributed by atoms with Gasteiger partial charge in [0.2, 0.25) is 5.91 Å². The minimum atomic E-state index is -0.631. The number of carbonyl (C=O) groups excluding carboxylic acids is 2. The van der Waals surface area contributed by atoms with Crippen LogP contribution in [0.5, 0.6) is 0 Å². The number of rotatable bonds is 7. The molecule has 2 aromatic carbocycles. The Morgan fingerprint density at radius 3 is 2.07 bits per heavy atom. The molecule has 2 aromatic rings. The summed E-state index contributed by atoms with van der Waals surface area (Å²) >= 11 is 0. The lowest BCUT2D eigenvalue weighted by atomic mass is 9.98. The maximum atomic E-state index is 12.6. The fourth-order valence-electron chi connectivity index (χ4n) is 2.98. The van der Waals surface area contributed by atoms with E-state index in [0.717, 1.165) is 17.5 Å². The number of imide groups is 1. The van der Waals surface area contributed by atoms with Crippen molar-refractivity contribution in [3.05, 3.63) is 71.3 Å². The second kappa shape index (κ2) is 9.88. The second-order valence-electron chi connectivity index (χ2n) is 7.14. The average Bonchev–Trinajstić information content (AvgIpc) is 2.66. The summed E-state index contributed by atoms with van der Waals surface area (Å²) in [6.45, 7) is 6.42. The van der Waals surface area contributed by atoms with E-state index in [1.807, 2.05) is 37.3 Å². The first-order valence-corrected chi connectivity index (χ1v) is 9.33. The molecule has 0 saturated carbocycles. The highest BCUT2D eigenvalue weighted by Gasteiger charge is 2.24. The molecular weight excluding hydrogens is 338 g/mol. The molecule has 0 aromatic heterocycles. The van der Waals surface area contributed by atoms with Gasteiger partial charge in [-0.15, -0.1) is 0 Å². The largest absolute Gasteiger partial charge is 0.341 e. The van der Waals surface area contributed by atoms with Gasteiger partial charge in [0.15, 0.2) is 0 Å². The molecule has 27 heavy (non-hydrogen) atoms. The quantitative estimate of drug-likeness (QED) is 0.698. The van der Waals surface area contributed by atoms with Gasteiger partial charge in [0.05, 0.1) is 0 Å². The van der Waals surface area contributed by atoms with Gasteiger partial charge in [-0.25, -0.2) is 4.79 Å². The van der Waals surface area contributed by atoms with Crippen LogP contribution in [0.3, 0.4) is 0 Å². The van der Waals surface area contributed by atoms with E-state index in [9.17, 15) is 9.59 Å². The molecule has 0 saturated heterocycles. The van der Waals surface area contributed by atoms with Gasteiger partial charge in [-0.1, -0.05) is 68.4 Å². The maximum absolute atomic E-state index is 12.6. The Labute approximate surface area is 161 Å². The predicted molar refractivity (Wildman–Crippen MR) is 108 cm³/mol. The molecule has 0 aliphatic heterocycles. The Kier molecular flexibility index (Phi) is 7.55. The highest BCUT2D eigenvalue weighted by atomic mass is 16.2. The van der Waals surface area contributed by atoms with Crippen LogP contribution in [0.15, 0.2) is 54.6 Å². The maximum Gasteiger partial charge on any atom is 0.321 e. The highest BCUT2D eigenvalue weighted by molar-refractivity contribution is 5.97. The number of amides is 3. The topological polar surface area (TPSA) is 70.2 Å². The molecule has 0 unspecified atom stereocenters. The van der Waals surface area contributed by atoms with Crippen LogP contribution < -0.4 is 16.0 Å². The standard InChI is InChI=1S/C22H29N3O2/c1-15(2)14-17-10-12-18(13-11-17)16(3)24-20(19-8-6-5-7-9-19)21(26)25-22(27)23-4/h5-13,15-16,20,24H,14H2,1-4H3,(H2,23,25,26,27)/t16-,20-/m0/s1. The van der Waals surface area contributed by atoms with Crippen molar-refractivity contribution in [2.45, 2.75) is 39.3 Å². The van der Waals surface area contributed by atoms with E-state index in [2.05, 4.69) is 54.1 Å². The molecule has 0 heterocycles. The molecule has 5 heteroatoms. The molecule has 3 N–H and O–H groups in total. The molecule has 144 valence electrons. The zero-order valence-electron chi connectivity index (χ0n) is 16.5. The Balaban J connectivity index is 2.16. The van der Waals surface area contributed by atoms with E-state index in [1.165, 1.54) is 12.6 Å². The van der Waals surface area contributed by atoms with Crippen molar-refractivity contribution in [2.75, 3.05) is 7.05 Å². The summed E-state index contributed by atoms with van der Waals surface area (Å²) in [5, 5.41) is 8.12. The molecule has 0 fully saturated rings. The van der Waals surface area contributed by atoms with Gasteiger partial charge >= 0.3 is 6.03 Å². The van der Waals surface area contributed by atoms with Crippen molar-refractivity contribution < 1.29 is 9.59 Å². The van der Waals surface area contributed by atoms with E-state index in [1.54, 1.807) is 0 Å². The number of benzene rings is 2. The van der Waals surface area contributed by atoms with Crippen LogP contribution >= 0.6 is 0 Å². The zero-order chi connectivity index (χ0) is 19.8. The number of carbonyl (C=O) groups is 2. The Morgan fingerprint density at radius 1 is 0.889 bits per heavy atom. The molecule has 2 rings (SSSR count). The summed E-state index contributed by atoms with van der Waals surface area (Å²) in [5.41, 5.74) is 3.20. The second-order valence-corrected chi connectivity index (χ2v) is 7.14. The third-order valence-corrected chi connectivity index (χ3v) is 4.40. The van der Waals surface area contributed by atoms with E-state index in [-0.39, 0.29) is 11.9 Å². The van der Waals surface area contributed by atoms with E-state index < -0.39 is 12.1 Å². The molecule has 2 atom stereocenters. The summed E-state index contributed by atoms with van der Waals surface area (Å²) in [6.07, 6.45) is 1.04. The Bertz CT molecular complexity index is 742. The van der Waals surface area contributed by atoms with Gasteiger partial charge in [0.25, 0.3) is 0 Å². The third kappa shape index (κ3) is 6.22. The van der Waals surface area contributed by atoms with Crippen LogP contribution in [0.1, 0.15) is 49.5 Å². The molecule has 0 bridgehead atoms. The number of hydrogen-bond acceptors (Lipinski definition) is 3. The summed E-state index contributed by atoms with van der Waals surface area (Å²) < 4.78 is 0. The predicted octanol–water partition coefficient (Wildman–Crippen LogP) is 3.73. The summed E-state index contributed by atoms with van der Waals surface area (Å²) in [4.78, 5) is 24.2. The first-order chi connectivity index (χ1) is 12.9. The van der Waals surface area contributed by atoms with Gasteiger partial charge in [-0.3, -0.25) is 15.4 Å². The fourth-order valence-corrected chi connectivity index (χ4v) is 2.98. The van der Waals surface area contributed by atoms with Crippen molar-refractivity contribution >= 4 is 11.9 Å². The van der Waals surface area contributed by atoms with Gasteiger partial charge in [-0.2, -0.15) is 0 Å². The van der Waals surface area contributed by atoms with E-state index >= 15 is 0 Å². The smallest absolute Gasteiger partial charge is 0.321 e. The lowest BCUT2D eigenvalue weighted by Crippen LogP contribution is -2.44. The highest BCUT2D eigenvalue weighted by Crippen LogP contribution is 2.21. The minimum Gasteiger partial charge on any atom is -0.341 e. The first kappa shape index (κ1) is 20.6. The van der Waals surface area contributed by atoms with Crippen LogP contribution in [0.2, 0.25) is 0 Å². The van der Waals surface area contributed by atoms with Crippen molar-refractivity contribution in [1.82, 2.24) is 16.0 Å². The van der Waals surface area contributed by atoms with Gasteiger partial charge in [0, 0.05) is 13.1 Å². The first-order valence-electron chi connectivity index (χ1n) is 9.33.